The summed E-state index contributed by atoms with van der Waals surface area (Å²) in [5.41, 5.74) is 3.08. The van der Waals surface area contributed by atoms with Crippen molar-refractivity contribution in [2.24, 2.45) is 0 Å². The van der Waals surface area contributed by atoms with Crippen LogP contribution in [-0.4, -0.2) is 30.0 Å². The Hall–Kier alpha value is -3.25. The van der Waals surface area contributed by atoms with Gasteiger partial charge in [-0.2, -0.15) is 0 Å². The first-order chi connectivity index (χ1) is 14.7. The van der Waals surface area contributed by atoms with Gasteiger partial charge >= 0.3 is 0 Å². The average Bonchev–Trinajstić information content (AvgIpc) is 2.79. The second-order valence-corrected chi connectivity index (χ2v) is 7.48. The molecule has 0 unspecified atom stereocenters. The number of carbonyl (C=O) groups is 1. The first kappa shape index (κ1) is 20.0. The van der Waals surface area contributed by atoms with E-state index >= 15 is 0 Å². The second kappa shape index (κ2) is 9.50. The van der Waals surface area contributed by atoms with Gasteiger partial charge in [-0.25, -0.2) is 4.39 Å². The molecule has 5 nitrogen and oxygen atoms in total. The molecule has 3 aromatic rings. The molecule has 30 heavy (non-hydrogen) atoms. The van der Waals surface area contributed by atoms with Gasteiger partial charge in [0.25, 0.3) is 5.91 Å². The highest BCUT2D eigenvalue weighted by Crippen LogP contribution is 2.23. The Bertz CT molecular complexity index is 970. The van der Waals surface area contributed by atoms with Gasteiger partial charge in [0.1, 0.15) is 5.82 Å². The average molecular weight is 404 g/mol. The van der Waals surface area contributed by atoms with E-state index in [0.29, 0.717) is 11.7 Å². The molecule has 0 spiro atoms. The number of amides is 1. The molecule has 2 aromatic carbocycles. The van der Waals surface area contributed by atoms with Crippen LogP contribution in [0.4, 0.5) is 15.8 Å². The number of benzene rings is 2. The molecule has 1 fully saturated rings. The molecular formula is C24H25FN4O. The van der Waals surface area contributed by atoms with Gasteiger partial charge in [-0.05, 0) is 66.9 Å². The zero-order valence-electron chi connectivity index (χ0n) is 16.7. The van der Waals surface area contributed by atoms with Crippen molar-refractivity contribution in [2.75, 3.05) is 23.3 Å². The summed E-state index contributed by atoms with van der Waals surface area (Å²) in [6.45, 7) is 2.83. The predicted octanol–water partition coefficient (Wildman–Crippen LogP) is 4.23. The maximum atomic E-state index is 13.8. The molecule has 1 aliphatic heterocycles. The maximum absolute atomic E-state index is 13.8. The lowest BCUT2D eigenvalue weighted by molar-refractivity contribution is 0.102. The highest BCUT2D eigenvalue weighted by Gasteiger charge is 2.19. The van der Waals surface area contributed by atoms with Crippen LogP contribution in [-0.2, 0) is 6.54 Å². The van der Waals surface area contributed by atoms with Crippen molar-refractivity contribution in [1.29, 1.82) is 0 Å². The Kier molecular flexibility index (Phi) is 6.35. The summed E-state index contributed by atoms with van der Waals surface area (Å²) in [6, 6.07) is 18.3. The minimum Gasteiger partial charge on any atom is -0.371 e. The normalized spacial score (nSPS) is 14.5. The number of hydrogen-bond acceptors (Lipinski definition) is 4. The number of pyridine rings is 1. The third-order valence-electron chi connectivity index (χ3n) is 5.45. The zero-order chi connectivity index (χ0) is 20.8. The molecule has 1 amide bonds. The molecule has 1 saturated heterocycles. The third-order valence-corrected chi connectivity index (χ3v) is 5.45. The van der Waals surface area contributed by atoms with Gasteiger partial charge in [-0.3, -0.25) is 9.78 Å². The molecule has 0 saturated carbocycles. The minimum absolute atomic E-state index is 0.0444. The number of anilines is 2. The zero-order valence-corrected chi connectivity index (χ0v) is 16.7. The summed E-state index contributed by atoms with van der Waals surface area (Å²) < 4.78 is 13.8. The Morgan fingerprint density at radius 3 is 2.40 bits per heavy atom. The van der Waals surface area contributed by atoms with Gasteiger partial charge in [-0.1, -0.05) is 12.1 Å². The topological polar surface area (TPSA) is 57.3 Å². The van der Waals surface area contributed by atoms with Gasteiger partial charge in [0.2, 0.25) is 0 Å². The molecule has 154 valence electrons. The SMILES string of the molecule is O=C(Nc1ccc(N2CCC(NCc3ccncc3)CC2)cc1)c1ccccc1F. The Balaban J connectivity index is 1.27. The van der Waals surface area contributed by atoms with Crippen molar-refractivity contribution in [3.63, 3.8) is 0 Å². The van der Waals surface area contributed by atoms with E-state index in [1.807, 2.05) is 48.8 Å². The number of nitrogens with zero attached hydrogens (tertiary/aromatic N) is 2. The van der Waals surface area contributed by atoms with Gasteiger partial charge in [0, 0.05) is 49.4 Å². The molecule has 6 heteroatoms. The molecule has 1 aliphatic rings. The highest BCUT2D eigenvalue weighted by molar-refractivity contribution is 6.04. The molecule has 0 aliphatic carbocycles. The van der Waals surface area contributed by atoms with Crippen LogP contribution in [0, 0.1) is 5.82 Å². The first-order valence-electron chi connectivity index (χ1n) is 10.2. The van der Waals surface area contributed by atoms with Crippen LogP contribution in [0.5, 0.6) is 0 Å². The maximum Gasteiger partial charge on any atom is 0.258 e. The number of halogens is 1. The van der Waals surface area contributed by atoms with Crippen molar-refractivity contribution in [1.82, 2.24) is 10.3 Å². The van der Waals surface area contributed by atoms with E-state index in [1.165, 1.54) is 17.7 Å². The smallest absolute Gasteiger partial charge is 0.258 e. The molecule has 2 N–H and O–H groups in total. The monoisotopic (exact) mass is 404 g/mol. The van der Waals surface area contributed by atoms with E-state index in [-0.39, 0.29) is 5.56 Å². The number of piperidine rings is 1. The highest BCUT2D eigenvalue weighted by atomic mass is 19.1. The summed E-state index contributed by atoms with van der Waals surface area (Å²) in [6.07, 6.45) is 5.80. The van der Waals surface area contributed by atoms with Crippen molar-refractivity contribution in [3.05, 3.63) is 90.0 Å². The van der Waals surface area contributed by atoms with E-state index in [2.05, 4.69) is 20.5 Å². The quantitative estimate of drug-likeness (QED) is 0.646. The molecule has 0 bridgehead atoms. The lowest BCUT2D eigenvalue weighted by atomic mass is 10.0. The Morgan fingerprint density at radius 1 is 1.00 bits per heavy atom. The summed E-state index contributed by atoms with van der Waals surface area (Å²) in [5.74, 6) is -0.964. The van der Waals surface area contributed by atoms with Gasteiger partial charge in [-0.15, -0.1) is 0 Å². The molecule has 0 radical (unpaired) electrons. The summed E-state index contributed by atoms with van der Waals surface area (Å²) in [7, 11) is 0. The number of hydrogen-bond donors (Lipinski definition) is 2. The van der Waals surface area contributed by atoms with E-state index in [1.54, 1.807) is 12.1 Å². The summed E-state index contributed by atoms with van der Waals surface area (Å²) >= 11 is 0. The lowest BCUT2D eigenvalue weighted by Gasteiger charge is -2.34. The fourth-order valence-electron chi connectivity index (χ4n) is 3.70. The van der Waals surface area contributed by atoms with E-state index in [9.17, 15) is 9.18 Å². The van der Waals surface area contributed by atoms with Crippen LogP contribution in [0.15, 0.2) is 73.1 Å². The van der Waals surface area contributed by atoms with Crippen LogP contribution in [0.25, 0.3) is 0 Å². The van der Waals surface area contributed by atoms with Crippen molar-refractivity contribution >= 4 is 17.3 Å². The van der Waals surface area contributed by atoms with Crippen LogP contribution in [0.3, 0.4) is 0 Å². The van der Waals surface area contributed by atoms with Crippen molar-refractivity contribution in [3.8, 4) is 0 Å². The number of carbonyl (C=O) groups excluding carboxylic acids is 1. The number of aromatic nitrogens is 1. The third kappa shape index (κ3) is 5.02. The minimum atomic E-state index is -0.521. The fraction of sp³-hybridized carbons (Fsp3) is 0.250. The standard InChI is InChI=1S/C24H25FN4O/c25-23-4-2-1-3-22(23)24(30)28-20-5-7-21(8-6-20)29-15-11-19(12-16-29)27-17-18-9-13-26-14-10-18/h1-10,13-14,19,27H,11-12,15-17H2,(H,28,30). The van der Waals surface area contributed by atoms with Crippen LogP contribution >= 0.6 is 0 Å². The van der Waals surface area contributed by atoms with Crippen LogP contribution in [0.2, 0.25) is 0 Å². The second-order valence-electron chi connectivity index (χ2n) is 7.48. The van der Waals surface area contributed by atoms with Crippen LogP contribution < -0.4 is 15.5 Å². The molecule has 4 rings (SSSR count). The van der Waals surface area contributed by atoms with Crippen LogP contribution in [0.1, 0.15) is 28.8 Å². The fourth-order valence-corrected chi connectivity index (χ4v) is 3.70. The Morgan fingerprint density at radius 2 is 1.70 bits per heavy atom. The molecule has 0 atom stereocenters. The molecular weight excluding hydrogens is 379 g/mol. The predicted molar refractivity (Wildman–Crippen MR) is 117 cm³/mol. The van der Waals surface area contributed by atoms with Gasteiger partial charge in [0.15, 0.2) is 0 Å². The molecule has 2 heterocycles. The summed E-state index contributed by atoms with van der Waals surface area (Å²) in [5, 5.41) is 6.38. The number of rotatable bonds is 6. The van der Waals surface area contributed by atoms with E-state index < -0.39 is 11.7 Å². The summed E-state index contributed by atoms with van der Waals surface area (Å²) in [4.78, 5) is 18.7. The van der Waals surface area contributed by atoms with Crippen molar-refractivity contribution in [2.45, 2.75) is 25.4 Å². The molecule has 1 aromatic heterocycles. The number of nitrogens with one attached hydrogen (secondary N) is 2. The van der Waals surface area contributed by atoms with E-state index in [0.717, 1.165) is 38.2 Å². The van der Waals surface area contributed by atoms with Crippen molar-refractivity contribution < 1.29 is 9.18 Å². The van der Waals surface area contributed by atoms with Gasteiger partial charge in [0.05, 0.1) is 5.56 Å². The van der Waals surface area contributed by atoms with Gasteiger partial charge < -0.3 is 15.5 Å². The van der Waals surface area contributed by atoms with E-state index in [4.69, 9.17) is 0 Å². The lowest BCUT2D eigenvalue weighted by Crippen LogP contribution is -2.42. The first-order valence-corrected chi connectivity index (χ1v) is 10.2. The largest absolute Gasteiger partial charge is 0.371 e. The Labute approximate surface area is 176 Å².